The molecule has 3 heterocycles. The zero-order valence-corrected chi connectivity index (χ0v) is 20.3. The van der Waals surface area contributed by atoms with Gasteiger partial charge >= 0.3 is 0 Å². The van der Waals surface area contributed by atoms with E-state index in [1.54, 1.807) is 6.07 Å². The zero-order valence-electron chi connectivity index (χ0n) is 21.8. The number of hydrogen-bond acceptors (Lipinski definition) is 9. The van der Waals surface area contributed by atoms with Crippen LogP contribution in [0.25, 0.3) is 22.2 Å². The number of pyridine rings is 1. The number of aromatic nitrogens is 3. The highest BCUT2D eigenvalue weighted by Gasteiger charge is 2.30. The maximum absolute atomic E-state index is 11.7. The third-order valence-electron chi connectivity index (χ3n) is 5.42. The number of methoxy groups -OCH3 is 2. The Morgan fingerprint density at radius 2 is 1.91 bits per heavy atom. The molecule has 1 aliphatic heterocycles. The van der Waals surface area contributed by atoms with Crippen LogP contribution in [0.1, 0.15) is 4.11 Å². The number of benzene rings is 1. The molecule has 184 valence electrons. The van der Waals surface area contributed by atoms with E-state index in [9.17, 15) is 4.79 Å². The molecule has 1 aromatic carbocycles. The van der Waals surface area contributed by atoms with Gasteiger partial charge in [-0.15, -0.1) is 0 Å². The van der Waals surface area contributed by atoms with Gasteiger partial charge in [-0.1, -0.05) is 29.8 Å². The number of carbonyl (C=O) groups excluding carboxylic acids is 1. The average Bonchev–Trinajstić information content (AvgIpc) is 3.29. The molecular formula is C23H24Cl2N6O4. The Labute approximate surface area is 216 Å². The van der Waals surface area contributed by atoms with E-state index in [0.717, 1.165) is 0 Å². The molecule has 0 saturated carbocycles. The van der Waals surface area contributed by atoms with Gasteiger partial charge in [0.1, 0.15) is 17.0 Å². The van der Waals surface area contributed by atoms with E-state index in [0.29, 0.717) is 30.1 Å². The van der Waals surface area contributed by atoms with E-state index < -0.39 is 6.98 Å². The van der Waals surface area contributed by atoms with Gasteiger partial charge in [-0.25, -0.2) is 15.0 Å². The minimum atomic E-state index is -2.59. The number of nitrogens with zero attached hydrogens (tertiary/aromatic N) is 3. The van der Waals surface area contributed by atoms with Gasteiger partial charge in [0.25, 0.3) is 0 Å². The highest BCUT2D eigenvalue weighted by molar-refractivity contribution is 6.41. The Balaban J connectivity index is 1.80. The Bertz CT molecular complexity index is 1360. The standard InChI is InChI=1S/C23H24Cl2N6O4/c1-5-17(32)28-13-9-35-10-14(13)30-23-27-8-11-6-12(29-22(26-2)21(11)31-23)18-19(24)15(33-3)7-16(34-4)20(18)25/h5-8,13-14H,1,9-10H2,2-4H3,(H,26,29)(H,28,32)(H,27,30,31)/t13-,14+/m0/s1/i2D3. The van der Waals surface area contributed by atoms with Gasteiger partial charge < -0.3 is 30.2 Å². The maximum Gasteiger partial charge on any atom is 0.243 e. The van der Waals surface area contributed by atoms with Crippen molar-refractivity contribution in [2.45, 2.75) is 12.1 Å². The summed E-state index contributed by atoms with van der Waals surface area (Å²) in [5, 5.41) is 9.13. The van der Waals surface area contributed by atoms with Crippen LogP contribution >= 0.6 is 23.2 Å². The first-order valence-corrected chi connectivity index (χ1v) is 11.1. The van der Waals surface area contributed by atoms with Crippen LogP contribution < -0.4 is 25.4 Å². The molecule has 12 heteroatoms. The van der Waals surface area contributed by atoms with E-state index >= 15 is 0 Å². The van der Waals surface area contributed by atoms with Crippen LogP contribution in [0.5, 0.6) is 11.5 Å². The quantitative estimate of drug-likeness (QED) is 0.382. The molecule has 0 aliphatic carbocycles. The second kappa shape index (κ2) is 10.5. The topological polar surface area (TPSA) is 120 Å². The van der Waals surface area contributed by atoms with Crippen molar-refractivity contribution in [3.05, 3.63) is 41.0 Å². The van der Waals surface area contributed by atoms with Crippen molar-refractivity contribution < 1.29 is 23.1 Å². The van der Waals surface area contributed by atoms with Crippen molar-refractivity contribution in [1.29, 1.82) is 0 Å². The van der Waals surface area contributed by atoms with Gasteiger partial charge in [0.2, 0.25) is 11.9 Å². The van der Waals surface area contributed by atoms with E-state index in [4.69, 9.17) is 41.5 Å². The first kappa shape index (κ1) is 21.0. The molecule has 1 saturated heterocycles. The van der Waals surface area contributed by atoms with Crippen LogP contribution in [0.3, 0.4) is 0 Å². The smallest absolute Gasteiger partial charge is 0.243 e. The van der Waals surface area contributed by atoms with Gasteiger partial charge in [-0.2, -0.15) is 0 Å². The number of hydrogen-bond donors (Lipinski definition) is 3. The highest BCUT2D eigenvalue weighted by Crippen LogP contribution is 2.46. The molecule has 4 rings (SSSR count). The molecule has 2 aromatic heterocycles. The van der Waals surface area contributed by atoms with Crippen LogP contribution in [-0.4, -0.2) is 67.4 Å². The normalized spacial score (nSPS) is 18.8. The van der Waals surface area contributed by atoms with Crippen molar-refractivity contribution in [3.63, 3.8) is 0 Å². The molecule has 35 heavy (non-hydrogen) atoms. The first-order chi connectivity index (χ1) is 18.0. The third-order valence-corrected chi connectivity index (χ3v) is 6.17. The second-order valence-corrected chi connectivity index (χ2v) is 8.26. The average molecular weight is 522 g/mol. The van der Waals surface area contributed by atoms with Gasteiger partial charge in [-0.05, 0) is 12.1 Å². The summed E-state index contributed by atoms with van der Waals surface area (Å²) in [6.45, 7) is 1.47. The molecule has 1 fully saturated rings. The summed E-state index contributed by atoms with van der Waals surface area (Å²) in [6, 6.07) is 2.49. The van der Waals surface area contributed by atoms with Crippen molar-refractivity contribution in [1.82, 2.24) is 20.3 Å². The maximum atomic E-state index is 11.7. The molecule has 0 unspecified atom stereocenters. The third kappa shape index (κ3) is 4.90. The van der Waals surface area contributed by atoms with E-state index in [1.165, 1.54) is 32.6 Å². The van der Waals surface area contributed by atoms with Crippen molar-refractivity contribution >= 4 is 51.8 Å². The predicted octanol–water partition coefficient (Wildman–Crippen LogP) is 3.54. The number of ether oxygens (including phenoxy) is 3. The number of anilines is 2. The SMILES string of the molecule is [2H]C([2H])([2H])Nc1nc(-c2c(Cl)c(OC)cc(OC)c2Cl)cc2cnc(N[C@@H]3COC[C@@H]3NC(=O)C=C)nc12. The summed E-state index contributed by atoms with van der Waals surface area (Å²) in [6.07, 6.45) is 2.68. The minimum absolute atomic E-state index is 0.0453. The fourth-order valence-corrected chi connectivity index (χ4v) is 4.38. The van der Waals surface area contributed by atoms with Crippen molar-refractivity contribution in [3.8, 4) is 22.8 Å². The summed E-state index contributed by atoms with van der Waals surface area (Å²) in [5.41, 5.74) is 0.762. The van der Waals surface area contributed by atoms with Gasteiger partial charge in [-0.3, -0.25) is 4.79 Å². The number of fused-ring (bicyclic) bond motifs is 1. The highest BCUT2D eigenvalue weighted by atomic mass is 35.5. The molecule has 0 bridgehead atoms. The van der Waals surface area contributed by atoms with Crippen LogP contribution in [0.4, 0.5) is 11.8 Å². The number of rotatable bonds is 8. The fourth-order valence-electron chi connectivity index (χ4n) is 3.68. The molecule has 1 aliphatic rings. The Morgan fingerprint density at radius 3 is 2.57 bits per heavy atom. The molecule has 0 spiro atoms. The van der Waals surface area contributed by atoms with Crippen LogP contribution in [0.15, 0.2) is 31.0 Å². The molecular weight excluding hydrogens is 495 g/mol. The zero-order chi connectivity index (χ0) is 27.6. The lowest BCUT2D eigenvalue weighted by molar-refractivity contribution is -0.117. The summed E-state index contributed by atoms with van der Waals surface area (Å²) < 4.78 is 39.4. The predicted molar refractivity (Wildman–Crippen MR) is 136 cm³/mol. The minimum Gasteiger partial charge on any atom is -0.495 e. The summed E-state index contributed by atoms with van der Waals surface area (Å²) in [4.78, 5) is 25.1. The van der Waals surface area contributed by atoms with Crippen molar-refractivity contribution in [2.75, 3.05) is 45.0 Å². The van der Waals surface area contributed by atoms with Crippen LogP contribution in [0.2, 0.25) is 10.0 Å². The van der Waals surface area contributed by atoms with E-state index in [2.05, 4.69) is 37.5 Å². The molecule has 3 aromatic rings. The first-order valence-electron chi connectivity index (χ1n) is 11.9. The number of amides is 1. The Hall–Kier alpha value is -3.34. The van der Waals surface area contributed by atoms with E-state index in [1.807, 2.05) is 0 Å². The van der Waals surface area contributed by atoms with E-state index in [-0.39, 0.29) is 56.6 Å². The molecule has 2 atom stereocenters. The lowest BCUT2D eigenvalue weighted by Crippen LogP contribution is -2.45. The Morgan fingerprint density at radius 1 is 1.20 bits per heavy atom. The molecule has 0 radical (unpaired) electrons. The van der Waals surface area contributed by atoms with Gasteiger partial charge in [0.05, 0.1) is 55.3 Å². The lowest BCUT2D eigenvalue weighted by atomic mass is 10.1. The number of carbonyl (C=O) groups is 1. The number of nitrogens with one attached hydrogen (secondary N) is 3. The fraction of sp³-hybridized carbons (Fsp3) is 0.304. The van der Waals surface area contributed by atoms with Crippen LogP contribution in [-0.2, 0) is 9.53 Å². The number of halogens is 2. The van der Waals surface area contributed by atoms with Crippen molar-refractivity contribution in [2.24, 2.45) is 0 Å². The van der Waals surface area contributed by atoms with Gasteiger partial charge in [0, 0.05) is 34.3 Å². The lowest BCUT2D eigenvalue weighted by Gasteiger charge is -2.20. The Kier molecular flexibility index (Phi) is 6.30. The van der Waals surface area contributed by atoms with Crippen LogP contribution in [0, 0.1) is 0 Å². The monoisotopic (exact) mass is 521 g/mol. The molecule has 10 nitrogen and oxygen atoms in total. The summed E-state index contributed by atoms with van der Waals surface area (Å²) >= 11 is 13.1. The molecule has 3 N–H and O–H groups in total. The largest absolute Gasteiger partial charge is 0.495 e. The van der Waals surface area contributed by atoms with Gasteiger partial charge in [0.15, 0.2) is 5.82 Å². The second-order valence-electron chi connectivity index (χ2n) is 7.50. The summed E-state index contributed by atoms with van der Waals surface area (Å²) in [7, 11) is 2.89. The molecule has 1 amide bonds. The summed E-state index contributed by atoms with van der Waals surface area (Å²) in [5.74, 6) is 0.397.